The molecule has 0 saturated heterocycles. The van der Waals surface area contributed by atoms with E-state index in [9.17, 15) is 5.11 Å². The molecule has 2 rings (SSSR count). The van der Waals surface area contributed by atoms with E-state index in [4.69, 9.17) is 10.5 Å². The highest BCUT2D eigenvalue weighted by Gasteiger charge is 2.03. The van der Waals surface area contributed by atoms with Crippen LogP contribution in [0.1, 0.15) is 12.5 Å². The molecule has 0 heterocycles. The Morgan fingerprint density at radius 3 is 2.64 bits per heavy atom. The quantitative estimate of drug-likeness (QED) is 0.399. The van der Waals surface area contributed by atoms with Crippen LogP contribution in [0.2, 0.25) is 0 Å². The van der Waals surface area contributed by atoms with Crippen molar-refractivity contribution in [3.63, 3.8) is 0 Å². The standard InChI is InChI=1S/C16H19N3O2.HI/c1-2-21-15-10-12(8-9-14(15)20)11-18-16(17)19-13-6-4-3-5-7-13;/h3-10,20H,2,11H2,1H3,(H3,17,18,19);1H. The van der Waals surface area contributed by atoms with Gasteiger partial charge in [-0.25, -0.2) is 4.99 Å². The summed E-state index contributed by atoms with van der Waals surface area (Å²) in [6, 6.07) is 14.7. The number of hydrogen-bond donors (Lipinski definition) is 3. The zero-order valence-electron chi connectivity index (χ0n) is 12.3. The SMILES string of the molecule is CCOc1cc(CN=C(N)Nc2ccccc2)ccc1O.I. The van der Waals surface area contributed by atoms with E-state index in [1.165, 1.54) is 0 Å². The summed E-state index contributed by atoms with van der Waals surface area (Å²) in [6.45, 7) is 2.77. The summed E-state index contributed by atoms with van der Waals surface area (Å²) < 4.78 is 5.33. The van der Waals surface area contributed by atoms with Gasteiger partial charge in [0, 0.05) is 5.69 Å². The minimum absolute atomic E-state index is 0. The monoisotopic (exact) mass is 413 g/mol. The second-order valence-corrected chi connectivity index (χ2v) is 4.43. The van der Waals surface area contributed by atoms with Crippen LogP contribution in [0.3, 0.4) is 0 Å². The predicted octanol–water partition coefficient (Wildman–Crippen LogP) is 3.34. The third-order valence-corrected chi connectivity index (χ3v) is 2.80. The molecule has 0 fully saturated rings. The van der Waals surface area contributed by atoms with Gasteiger partial charge in [0.2, 0.25) is 0 Å². The Labute approximate surface area is 147 Å². The Morgan fingerprint density at radius 2 is 1.95 bits per heavy atom. The van der Waals surface area contributed by atoms with Gasteiger partial charge in [-0.1, -0.05) is 24.3 Å². The van der Waals surface area contributed by atoms with Gasteiger partial charge in [-0.05, 0) is 36.8 Å². The minimum atomic E-state index is 0. The first-order chi connectivity index (χ1) is 10.2. The molecule has 22 heavy (non-hydrogen) atoms. The molecule has 0 radical (unpaired) electrons. The molecule has 0 aliphatic carbocycles. The van der Waals surface area contributed by atoms with E-state index < -0.39 is 0 Å². The zero-order valence-corrected chi connectivity index (χ0v) is 14.7. The first-order valence-electron chi connectivity index (χ1n) is 6.75. The fourth-order valence-corrected chi connectivity index (χ4v) is 1.81. The summed E-state index contributed by atoms with van der Waals surface area (Å²) in [5.74, 6) is 0.923. The van der Waals surface area contributed by atoms with Crippen molar-refractivity contribution in [2.24, 2.45) is 10.7 Å². The molecule has 0 spiro atoms. The number of hydrogen-bond acceptors (Lipinski definition) is 3. The van der Waals surface area contributed by atoms with Crippen molar-refractivity contribution in [2.45, 2.75) is 13.5 Å². The minimum Gasteiger partial charge on any atom is -0.504 e. The number of para-hydroxylation sites is 1. The summed E-state index contributed by atoms with van der Waals surface area (Å²) in [4.78, 5) is 4.27. The van der Waals surface area contributed by atoms with Gasteiger partial charge in [0.1, 0.15) is 0 Å². The summed E-state index contributed by atoms with van der Waals surface area (Å²) in [5.41, 5.74) is 7.64. The van der Waals surface area contributed by atoms with E-state index in [2.05, 4.69) is 10.3 Å². The van der Waals surface area contributed by atoms with Gasteiger partial charge in [-0.3, -0.25) is 0 Å². The third-order valence-electron chi connectivity index (χ3n) is 2.80. The molecule has 0 amide bonds. The van der Waals surface area contributed by atoms with Crippen molar-refractivity contribution in [1.82, 2.24) is 0 Å². The molecule has 5 nitrogen and oxygen atoms in total. The van der Waals surface area contributed by atoms with Crippen molar-refractivity contribution in [3.05, 3.63) is 54.1 Å². The second-order valence-electron chi connectivity index (χ2n) is 4.43. The summed E-state index contributed by atoms with van der Waals surface area (Å²) in [7, 11) is 0. The van der Waals surface area contributed by atoms with E-state index >= 15 is 0 Å². The van der Waals surface area contributed by atoms with Crippen LogP contribution in [0.25, 0.3) is 0 Å². The molecule has 0 unspecified atom stereocenters. The number of nitrogens with one attached hydrogen (secondary N) is 1. The van der Waals surface area contributed by atoms with Gasteiger partial charge in [-0.2, -0.15) is 0 Å². The fraction of sp³-hybridized carbons (Fsp3) is 0.188. The molecule has 6 heteroatoms. The molecule has 0 aromatic heterocycles. The average Bonchev–Trinajstić information content (AvgIpc) is 2.49. The fourth-order valence-electron chi connectivity index (χ4n) is 1.81. The molecule has 2 aromatic carbocycles. The number of benzene rings is 2. The first kappa shape index (κ1) is 18.1. The Hall–Kier alpha value is -1.96. The number of aromatic hydroxyl groups is 1. The smallest absolute Gasteiger partial charge is 0.193 e. The first-order valence-corrected chi connectivity index (χ1v) is 6.75. The molecule has 4 N–H and O–H groups in total. The van der Waals surface area contributed by atoms with E-state index in [0.717, 1.165) is 11.3 Å². The normalized spacial score (nSPS) is 10.7. The van der Waals surface area contributed by atoms with Crippen molar-refractivity contribution in [2.75, 3.05) is 11.9 Å². The number of rotatable bonds is 5. The number of guanidine groups is 1. The van der Waals surface area contributed by atoms with Crippen LogP contribution in [-0.2, 0) is 6.54 Å². The molecule has 0 bridgehead atoms. The Balaban J connectivity index is 0.00000242. The van der Waals surface area contributed by atoms with Crippen molar-refractivity contribution < 1.29 is 9.84 Å². The van der Waals surface area contributed by atoms with E-state index in [-0.39, 0.29) is 29.7 Å². The zero-order chi connectivity index (χ0) is 15.1. The van der Waals surface area contributed by atoms with Crippen molar-refractivity contribution >= 4 is 35.6 Å². The highest BCUT2D eigenvalue weighted by atomic mass is 127. The van der Waals surface area contributed by atoms with Crippen LogP contribution < -0.4 is 15.8 Å². The molecular weight excluding hydrogens is 393 g/mol. The van der Waals surface area contributed by atoms with Gasteiger partial charge >= 0.3 is 0 Å². The van der Waals surface area contributed by atoms with Crippen LogP contribution in [0.15, 0.2) is 53.5 Å². The van der Waals surface area contributed by atoms with E-state index in [1.54, 1.807) is 18.2 Å². The van der Waals surface area contributed by atoms with Crippen LogP contribution in [-0.4, -0.2) is 17.7 Å². The molecule has 118 valence electrons. The maximum atomic E-state index is 9.64. The Kier molecular flexibility index (Phi) is 7.51. The Morgan fingerprint density at radius 1 is 1.23 bits per heavy atom. The van der Waals surface area contributed by atoms with Crippen LogP contribution in [0.4, 0.5) is 5.69 Å². The number of phenolic OH excluding ortho intramolecular Hbond substituents is 1. The number of nitrogens with two attached hydrogens (primary N) is 1. The van der Waals surface area contributed by atoms with Crippen molar-refractivity contribution in [3.8, 4) is 11.5 Å². The molecular formula is C16H20IN3O2. The van der Waals surface area contributed by atoms with Gasteiger partial charge in [0.15, 0.2) is 17.5 Å². The largest absolute Gasteiger partial charge is 0.504 e. The van der Waals surface area contributed by atoms with Crippen molar-refractivity contribution in [1.29, 1.82) is 0 Å². The van der Waals surface area contributed by atoms with Crippen LogP contribution in [0.5, 0.6) is 11.5 Å². The van der Waals surface area contributed by atoms with Gasteiger partial charge in [0.25, 0.3) is 0 Å². The maximum Gasteiger partial charge on any atom is 0.193 e. The topological polar surface area (TPSA) is 79.9 Å². The lowest BCUT2D eigenvalue weighted by molar-refractivity contribution is 0.318. The number of ether oxygens (including phenoxy) is 1. The highest BCUT2D eigenvalue weighted by Crippen LogP contribution is 2.27. The lowest BCUT2D eigenvalue weighted by Gasteiger charge is -2.08. The maximum absolute atomic E-state index is 9.64. The number of nitrogens with zero attached hydrogens (tertiary/aromatic N) is 1. The number of halogens is 1. The van der Waals surface area contributed by atoms with Gasteiger partial charge in [0.05, 0.1) is 13.2 Å². The summed E-state index contributed by atoms with van der Waals surface area (Å²) >= 11 is 0. The molecule has 2 aromatic rings. The predicted molar refractivity (Wildman–Crippen MR) is 100 cm³/mol. The number of aliphatic imine (C=N–C) groups is 1. The van der Waals surface area contributed by atoms with Crippen LogP contribution in [0, 0.1) is 0 Å². The van der Waals surface area contributed by atoms with E-state index in [1.807, 2.05) is 37.3 Å². The highest BCUT2D eigenvalue weighted by molar-refractivity contribution is 14.0. The Bertz CT molecular complexity index is 618. The van der Waals surface area contributed by atoms with Crippen LogP contribution >= 0.6 is 24.0 Å². The summed E-state index contributed by atoms with van der Waals surface area (Å²) in [6.07, 6.45) is 0. The molecule has 0 aliphatic heterocycles. The average molecular weight is 413 g/mol. The third kappa shape index (κ3) is 5.44. The molecule has 0 atom stereocenters. The number of anilines is 1. The van der Waals surface area contributed by atoms with Gasteiger partial charge in [-0.15, -0.1) is 24.0 Å². The second kappa shape index (κ2) is 9.14. The van der Waals surface area contributed by atoms with E-state index in [0.29, 0.717) is 24.9 Å². The lowest BCUT2D eigenvalue weighted by atomic mass is 10.2. The molecule has 0 saturated carbocycles. The van der Waals surface area contributed by atoms with Gasteiger partial charge < -0.3 is 20.9 Å². The molecule has 0 aliphatic rings. The lowest BCUT2D eigenvalue weighted by Crippen LogP contribution is -2.22. The summed E-state index contributed by atoms with van der Waals surface area (Å²) in [5, 5.41) is 12.7. The number of phenols is 1.